The van der Waals surface area contributed by atoms with E-state index in [1.54, 1.807) is 36.4 Å². The molecule has 2 N–H and O–H groups in total. The van der Waals surface area contributed by atoms with Crippen molar-refractivity contribution in [2.45, 2.75) is 0 Å². The summed E-state index contributed by atoms with van der Waals surface area (Å²) in [5, 5.41) is 9.37. The molecule has 6 nitrogen and oxygen atoms in total. The number of carbonyl (C=O) groups is 2. The molecule has 0 aliphatic rings. The number of hydrazone groups is 2. The van der Waals surface area contributed by atoms with E-state index < -0.39 is 11.8 Å². The summed E-state index contributed by atoms with van der Waals surface area (Å²) in [5.41, 5.74) is 6.33. The third-order valence-corrected chi connectivity index (χ3v) is 5.45. The second kappa shape index (κ2) is 11.1. The van der Waals surface area contributed by atoms with Crippen molar-refractivity contribution in [2.24, 2.45) is 10.2 Å². The molecule has 0 heterocycles. The minimum Gasteiger partial charge on any atom is -0.267 e. The number of halogens is 4. The zero-order chi connectivity index (χ0) is 23.1. The number of amides is 2. The lowest BCUT2D eigenvalue weighted by Gasteiger charge is -2.04. The van der Waals surface area contributed by atoms with Gasteiger partial charge >= 0.3 is 0 Å². The van der Waals surface area contributed by atoms with Crippen LogP contribution in [0.25, 0.3) is 0 Å². The molecule has 3 aromatic carbocycles. The molecule has 0 bridgehead atoms. The molecule has 10 heteroatoms. The zero-order valence-electron chi connectivity index (χ0n) is 16.2. The van der Waals surface area contributed by atoms with E-state index in [1.165, 1.54) is 36.7 Å². The second-order valence-electron chi connectivity index (χ2n) is 6.25. The number of nitrogens with one attached hydrogen (secondary N) is 2. The van der Waals surface area contributed by atoms with Crippen molar-refractivity contribution in [1.82, 2.24) is 10.9 Å². The van der Waals surface area contributed by atoms with E-state index in [0.717, 1.165) is 0 Å². The number of nitrogens with zero attached hydrogens (tertiary/aromatic N) is 2. The van der Waals surface area contributed by atoms with Crippen molar-refractivity contribution in [2.75, 3.05) is 0 Å². The average molecular weight is 508 g/mol. The average Bonchev–Trinajstić information content (AvgIpc) is 2.77. The molecule has 162 valence electrons. The van der Waals surface area contributed by atoms with Crippen LogP contribution in [0.1, 0.15) is 31.8 Å². The molecule has 0 radical (unpaired) electrons. The number of carbonyl (C=O) groups excluding carboxylic acids is 2. The van der Waals surface area contributed by atoms with Crippen LogP contribution in [0.15, 0.2) is 70.9 Å². The molecule has 2 amide bonds. The van der Waals surface area contributed by atoms with E-state index in [4.69, 9.17) is 46.4 Å². The van der Waals surface area contributed by atoms with Crippen LogP contribution >= 0.6 is 46.4 Å². The van der Waals surface area contributed by atoms with Gasteiger partial charge in [-0.1, -0.05) is 58.5 Å². The number of hydrogen-bond donors (Lipinski definition) is 2. The van der Waals surface area contributed by atoms with Gasteiger partial charge in [0.2, 0.25) is 0 Å². The third kappa shape index (κ3) is 6.08. The van der Waals surface area contributed by atoms with Crippen LogP contribution in [-0.4, -0.2) is 24.2 Å². The van der Waals surface area contributed by atoms with E-state index >= 15 is 0 Å². The molecule has 0 unspecified atom stereocenters. The third-order valence-electron chi connectivity index (χ3n) is 4.13. The van der Waals surface area contributed by atoms with Crippen LogP contribution in [0.5, 0.6) is 0 Å². The van der Waals surface area contributed by atoms with E-state index in [1.807, 2.05) is 0 Å². The highest BCUT2D eigenvalue weighted by Gasteiger charge is 2.09. The van der Waals surface area contributed by atoms with Crippen molar-refractivity contribution >= 4 is 70.6 Å². The summed E-state index contributed by atoms with van der Waals surface area (Å²) in [6.45, 7) is 0. The maximum absolute atomic E-state index is 12.2. The lowest BCUT2D eigenvalue weighted by Crippen LogP contribution is -2.19. The molecule has 32 heavy (non-hydrogen) atoms. The second-order valence-corrected chi connectivity index (χ2v) is 7.88. The minimum atomic E-state index is -0.470. The summed E-state index contributed by atoms with van der Waals surface area (Å²) < 4.78 is 0. The van der Waals surface area contributed by atoms with Crippen LogP contribution < -0.4 is 10.9 Å². The summed E-state index contributed by atoms with van der Waals surface area (Å²) in [5.74, 6) is -0.939. The molecule has 3 rings (SSSR count). The molecule has 0 saturated heterocycles. The van der Waals surface area contributed by atoms with Gasteiger partial charge in [0.25, 0.3) is 11.8 Å². The standard InChI is InChI=1S/C22H14Cl4N4O2/c23-17-3-1-4-18(24)15(17)11-27-29-21(31)13-7-9-14(10-8-13)22(32)30-28-12-16-19(25)5-2-6-20(16)26/h1-12H,(H,29,31)(H,30,32)/b27-11+,28-12+. The molecule has 0 fully saturated rings. The molecule has 0 aromatic heterocycles. The van der Waals surface area contributed by atoms with Crippen LogP contribution in [0.2, 0.25) is 20.1 Å². The minimum absolute atomic E-state index is 0.301. The maximum atomic E-state index is 12.2. The predicted molar refractivity (Wildman–Crippen MR) is 129 cm³/mol. The maximum Gasteiger partial charge on any atom is 0.271 e. The number of rotatable bonds is 6. The van der Waals surface area contributed by atoms with E-state index in [2.05, 4.69) is 21.1 Å². The van der Waals surface area contributed by atoms with Gasteiger partial charge < -0.3 is 0 Å². The Hall–Kier alpha value is -2.90. The molecule has 0 aliphatic carbocycles. The first-order chi connectivity index (χ1) is 15.4. The summed E-state index contributed by atoms with van der Waals surface area (Å²) in [6.07, 6.45) is 2.71. The molecule has 0 saturated carbocycles. The summed E-state index contributed by atoms with van der Waals surface area (Å²) in [4.78, 5) is 24.5. The van der Waals surface area contributed by atoms with Crippen molar-refractivity contribution < 1.29 is 9.59 Å². The highest BCUT2D eigenvalue weighted by Crippen LogP contribution is 2.23. The molecule has 0 spiro atoms. The summed E-state index contributed by atoms with van der Waals surface area (Å²) in [7, 11) is 0. The highest BCUT2D eigenvalue weighted by atomic mass is 35.5. The lowest BCUT2D eigenvalue weighted by atomic mass is 10.1. The van der Waals surface area contributed by atoms with Gasteiger partial charge in [-0.3, -0.25) is 9.59 Å². The topological polar surface area (TPSA) is 82.9 Å². The van der Waals surface area contributed by atoms with Crippen molar-refractivity contribution in [3.05, 3.63) is 103 Å². The monoisotopic (exact) mass is 506 g/mol. The fourth-order valence-corrected chi connectivity index (χ4v) is 3.47. The molecule has 0 atom stereocenters. The summed E-state index contributed by atoms with van der Waals surface area (Å²) in [6, 6.07) is 16.0. The van der Waals surface area contributed by atoms with Gasteiger partial charge in [0.1, 0.15) is 0 Å². The lowest BCUT2D eigenvalue weighted by molar-refractivity contribution is 0.0943. The highest BCUT2D eigenvalue weighted by molar-refractivity contribution is 6.39. The Morgan fingerprint density at radius 1 is 0.594 bits per heavy atom. The Morgan fingerprint density at radius 2 is 0.906 bits per heavy atom. The van der Waals surface area contributed by atoms with Gasteiger partial charge in [-0.2, -0.15) is 10.2 Å². The van der Waals surface area contributed by atoms with Gasteiger partial charge in [0, 0.05) is 22.3 Å². The van der Waals surface area contributed by atoms with Gasteiger partial charge in [-0.25, -0.2) is 10.9 Å². The van der Waals surface area contributed by atoms with E-state index in [-0.39, 0.29) is 0 Å². The van der Waals surface area contributed by atoms with E-state index in [9.17, 15) is 9.59 Å². The first-order valence-corrected chi connectivity index (χ1v) is 10.5. The Balaban J connectivity index is 1.59. The van der Waals surface area contributed by atoms with Crippen molar-refractivity contribution in [3.63, 3.8) is 0 Å². The fourth-order valence-electron chi connectivity index (χ4n) is 2.48. The summed E-state index contributed by atoms with van der Waals surface area (Å²) >= 11 is 24.2. The smallest absolute Gasteiger partial charge is 0.267 e. The van der Waals surface area contributed by atoms with Crippen LogP contribution in [0, 0.1) is 0 Å². The Kier molecular flexibility index (Phi) is 8.25. The van der Waals surface area contributed by atoms with Gasteiger partial charge in [0.05, 0.1) is 32.5 Å². The first-order valence-electron chi connectivity index (χ1n) is 9.01. The van der Waals surface area contributed by atoms with E-state index in [0.29, 0.717) is 42.3 Å². The molecule has 3 aromatic rings. The molecular weight excluding hydrogens is 494 g/mol. The molecular formula is C22H14Cl4N4O2. The number of benzene rings is 3. The quantitative estimate of drug-likeness (QED) is 0.325. The first kappa shape index (κ1) is 23.8. The molecule has 0 aliphatic heterocycles. The zero-order valence-corrected chi connectivity index (χ0v) is 19.2. The van der Waals surface area contributed by atoms with Gasteiger partial charge in [-0.15, -0.1) is 0 Å². The largest absolute Gasteiger partial charge is 0.271 e. The van der Waals surface area contributed by atoms with Crippen LogP contribution in [0.4, 0.5) is 0 Å². The normalized spacial score (nSPS) is 11.1. The SMILES string of the molecule is O=C(N/N=C/c1c(Cl)cccc1Cl)c1ccc(C(=O)N/N=C/c2c(Cl)cccc2Cl)cc1. The van der Waals surface area contributed by atoms with Crippen molar-refractivity contribution in [3.8, 4) is 0 Å². The fraction of sp³-hybridized carbons (Fsp3) is 0. The Labute approximate surface area is 203 Å². The van der Waals surface area contributed by atoms with Gasteiger partial charge in [-0.05, 0) is 48.5 Å². The van der Waals surface area contributed by atoms with Gasteiger partial charge in [0.15, 0.2) is 0 Å². The van der Waals surface area contributed by atoms with Crippen LogP contribution in [0.3, 0.4) is 0 Å². The predicted octanol–water partition coefficient (Wildman–Crippen LogP) is 5.83. The Morgan fingerprint density at radius 3 is 1.22 bits per heavy atom. The van der Waals surface area contributed by atoms with Crippen LogP contribution in [-0.2, 0) is 0 Å². The van der Waals surface area contributed by atoms with Crippen molar-refractivity contribution in [1.29, 1.82) is 0 Å². The Bertz CT molecular complexity index is 1080. The number of hydrogen-bond acceptors (Lipinski definition) is 4.